The van der Waals surface area contributed by atoms with Crippen molar-refractivity contribution in [2.75, 3.05) is 6.54 Å². The highest BCUT2D eigenvalue weighted by molar-refractivity contribution is 7.05. The van der Waals surface area contributed by atoms with Crippen LogP contribution in [0.4, 0.5) is 0 Å². The summed E-state index contributed by atoms with van der Waals surface area (Å²) in [5, 5.41) is 11.1. The first-order valence-corrected chi connectivity index (χ1v) is 6.99. The molecule has 0 amide bonds. The van der Waals surface area contributed by atoms with Gasteiger partial charge in [0.15, 0.2) is 5.82 Å². The standard InChI is InChI=1S/C11H16N6S/c1-8-13-11(15-14-8)10-4-2-3-5-17(10)7-9-6-12-16-18-9/h6,10H,2-5,7H2,1H3,(H,13,14,15). The van der Waals surface area contributed by atoms with Crippen LogP contribution in [0.2, 0.25) is 0 Å². The summed E-state index contributed by atoms with van der Waals surface area (Å²) in [5.74, 6) is 1.81. The van der Waals surface area contributed by atoms with E-state index in [1.165, 1.54) is 29.3 Å². The molecule has 2 aromatic rings. The Kier molecular flexibility index (Phi) is 3.33. The Labute approximate surface area is 110 Å². The average molecular weight is 264 g/mol. The lowest BCUT2D eigenvalue weighted by Gasteiger charge is -2.33. The lowest BCUT2D eigenvalue weighted by molar-refractivity contribution is 0.135. The molecule has 0 spiro atoms. The van der Waals surface area contributed by atoms with Crippen LogP contribution in [0.5, 0.6) is 0 Å². The monoisotopic (exact) mass is 264 g/mol. The molecule has 0 radical (unpaired) electrons. The van der Waals surface area contributed by atoms with Crippen molar-refractivity contribution >= 4 is 11.5 Å². The van der Waals surface area contributed by atoms with Crippen LogP contribution in [-0.2, 0) is 6.54 Å². The summed E-state index contributed by atoms with van der Waals surface area (Å²) in [4.78, 5) is 8.11. The van der Waals surface area contributed by atoms with Gasteiger partial charge in [-0.1, -0.05) is 10.9 Å². The molecular weight excluding hydrogens is 248 g/mol. The number of aryl methyl sites for hydroxylation is 1. The Morgan fingerprint density at radius 3 is 3.17 bits per heavy atom. The SMILES string of the molecule is Cc1nc(C2CCCCN2Cc2cnns2)n[nH]1. The van der Waals surface area contributed by atoms with Crippen molar-refractivity contribution < 1.29 is 0 Å². The Bertz CT molecular complexity index is 493. The number of nitrogens with zero attached hydrogens (tertiary/aromatic N) is 5. The van der Waals surface area contributed by atoms with E-state index in [4.69, 9.17) is 0 Å². The molecule has 96 valence electrons. The lowest BCUT2D eigenvalue weighted by atomic mass is 10.0. The normalized spacial score (nSPS) is 21.3. The maximum absolute atomic E-state index is 4.48. The van der Waals surface area contributed by atoms with Crippen LogP contribution in [0, 0.1) is 6.92 Å². The Hall–Kier alpha value is -1.34. The summed E-state index contributed by atoms with van der Waals surface area (Å²) in [6.07, 6.45) is 5.46. The van der Waals surface area contributed by atoms with Crippen LogP contribution >= 0.6 is 11.5 Å². The summed E-state index contributed by atoms with van der Waals surface area (Å²) < 4.78 is 3.92. The third-order valence-electron chi connectivity index (χ3n) is 3.29. The van der Waals surface area contributed by atoms with E-state index >= 15 is 0 Å². The fourth-order valence-corrected chi connectivity index (χ4v) is 2.96. The lowest BCUT2D eigenvalue weighted by Crippen LogP contribution is -2.33. The van der Waals surface area contributed by atoms with Crippen molar-refractivity contribution in [3.8, 4) is 0 Å². The number of hydrogen-bond acceptors (Lipinski definition) is 6. The Morgan fingerprint density at radius 1 is 1.50 bits per heavy atom. The van der Waals surface area contributed by atoms with Crippen molar-refractivity contribution in [3.63, 3.8) is 0 Å². The number of rotatable bonds is 3. The molecular formula is C11H16N6S. The second-order valence-electron chi connectivity index (χ2n) is 4.64. The van der Waals surface area contributed by atoms with Gasteiger partial charge in [-0.15, -0.1) is 5.10 Å². The van der Waals surface area contributed by atoms with E-state index in [1.807, 2.05) is 13.1 Å². The van der Waals surface area contributed by atoms with Crippen LogP contribution in [-0.4, -0.2) is 36.2 Å². The Morgan fingerprint density at radius 2 is 2.44 bits per heavy atom. The maximum Gasteiger partial charge on any atom is 0.167 e. The summed E-state index contributed by atoms with van der Waals surface area (Å²) in [6.45, 7) is 3.93. The van der Waals surface area contributed by atoms with Gasteiger partial charge in [0.05, 0.1) is 17.1 Å². The van der Waals surface area contributed by atoms with E-state index in [9.17, 15) is 0 Å². The van der Waals surface area contributed by atoms with Crippen molar-refractivity contribution in [3.05, 3.63) is 22.7 Å². The molecule has 1 atom stereocenters. The fourth-order valence-electron chi connectivity index (χ4n) is 2.44. The van der Waals surface area contributed by atoms with Gasteiger partial charge in [-0.3, -0.25) is 10.00 Å². The number of aromatic amines is 1. The molecule has 2 aromatic heterocycles. The Balaban J connectivity index is 1.77. The van der Waals surface area contributed by atoms with Gasteiger partial charge in [-0.05, 0) is 37.8 Å². The summed E-state index contributed by atoms with van der Waals surface area (Å²) in [7, 11) is 0. The number of aromatic nitrogens is 5. The predicted molar refractivity (Wildman–Crippen MR) is 68.0 cm³/mol. The molecule has 7 heteroatoms. The number of piperidine rings is 1. The molecule has 0 bridgehead atoms. The van der Waals surface area contributed by atoms with E-state index in [2.05, 4.69) is 29.7 Å². The number of H-pyrrole nitrogens is 1. The zero-order chi connectivity index (χ0) is 12.4. The summed E-state index contributed by atoms with van der Waals surface area (Å²) in [6, 6.07) is 0.325. The maximum atomic E-state index is 4.48. The second kappa shape index (κ2) is 5.11. The first-order chi connectivity index (χ1) is 8.83. The van der Waals surface area contributed by atoms with Crippen molar-refractivity contribution in [2.24, 2.45) is 0 Å². The largest absolute Gasteiger partial charge is 0.288 e. The molecule has 0 aliphatic carbocycles. The third-order valence-corrected chi connectivity index (χ3v) is 3.94. The van der Waals surface area contributed by atoms with Crippen molar-refractivity contribution in [1.29, 1.82) is 0 Å². The summed E-state index contributed by atoms with van der Waals surface area (Å²) in [5.41, 5.74) is 0. The van der Waals surface area contributed by atoms with E-state index in [-0.39, 0.29) is 0 Å². The van der Waals surface area contributed by atoms with Crippen molar-refractivity contribution in [1.82, 2.24) is 29.7 Å². The molecule has 1 saturated heterocycles. The number of likely N-dealkylation sites (tertiary alicyclic amines) is 1. The summed E-state index contributed by atoms with van der Waals surface area (Å²) >= 11 is 1.47. The highest BCUT2D eigenvalue weighted by Gasteiger charge is 2.27. The first kappa shape index (κ1) is 11.7. The molecule has 6 nitrogen and oxygen atoms in total. The van der Waals surface area contributed by atoms with Gasteiger partial charge in [0.25, 0.3) is 0 Å². The van der Waals surface area contributed by atoms with Crippen molar-refractivity contribution in [2.45, 2.75) is 38.8 Å². The van der Waals surface area contributed by atoms with Crippen LogP contribution in [0.25, 0.3) is 0 Å². The van der Waals surface area contributed by atoms with E-state index < -0.39 is 0 Å². The van der Waals surface area contributed by atoms with Gasteiger partial charge < -0.3 is 0 Å². The molecule has 1 fully saturated rings. The average Bonchev–Trinajstić information content (AvgIpc) is 3.02. The topological polar surface area (TPSA) is 70.6 Å². The molecule has 0 aromatic carbocycles. The predicted octanol–water partition coefficient (Wildman–Crippen LogP) is 1.69. The highest BCUT2D eigenvalue weighted by atomic mass is 32.1. The second-order valence-corrected chi connectivity index (χ2v) is 5.52. The van der Waals surface area contributed by atoms with Crippen LogP contribution < -0.4 is 0 Å². The number of nitrogens with one attached hydrogen (secondary N) is 1. The smallest absolute Gasteiger partial charge is 0.167 e. The van der Waals surface area contributed by atoms with Crippen LogP contribution in [0.3, 0.4) is 0 Å². The minimum Gasteiger partial charge on any atom is -0.288 e. The highest BCUT2D eigenvalue weighted by Crippen LogP contribution is 2.30. The van der Waals surface area contributed by atoms with Gasteiger partial charge in [-0.2, -0.15) is 5.10 Å². The number of hydrogen-bond donors (Lipinski definition) is 1. The molecule has 3 heterocycles. The first-order valence-electron chi connectivity index (χ1n) is 6.22. The minimum absolute atomic E-state index is 0.325. The van der Waals surface area contributed by atoms with Gasteiger partial charge in [0, 0.05) is 6.54 Å². The molecule has 1 aliphatic heterocycles. The van der Waals surface area contributed by atoms with Gasteiger partial charge in [-0.25, -0.2) is 4.98 Å². The van der Waals surface area contributed by atoms with Gasteiger partial charge >= 0.3 is 0 Å². The molecule has 0 saturated carbocycles. The van der Waals surface area contributed by atoms with Gasteiger partial charge in [0.1, 0.15) is 5.82 Å². The molecule has 1 unspecified atom stereocenters. The quantitative estimate of drug-likeness (QED) is 0.913. The third kappa shape index (κ3) is 2.41. The molecule has 3 rings (SSSR count). The van der Waals surface area contributed by atoms with E-state index in [0.29, 0.717) is 6.04 Å². The van der Waals surface area contributed by atoms with Crippen LogP contribution in [0.15, 0.2) is 6.20 Å². The van der Waals surface area contributed by atoms with Gasteiger partial charge in [0.2, 0.25) is 0 Å². The van der Waals surface area contributed by atoms with E-state index in [1.54, 1.807) is 0 Å². The molecule has 1 aliphatic rings. The van der Waals surface area contributed by atoms with Crippen LogP contribution in [0.1, 0.15) is 41.8 Å². The molecule has 1 N–H and O–H groups in total. The molecule has 18 heavy (non-hydrogen) atoms. The zero-order valence-corrected chi connectivity index (χ0v) is 11.2. The zero-order valence-electron chi connectivity index (χ0n) is 10.3. The minimum atomic E-state index is 0.325. The van der Waals surface area contributed by atoms with E-state index in [0.717, 1.165) is 31.2 Å². The fraction of sp³-hybridized carbons (Fsp3) is 0.636.